The van der Waals surface area contributed by atoms with Crippen LogP contribution in [0.5, 0.6) is 11.5 Å². The highest BCUT2D eigenvalue weighted by molar-refractivity contribution is 6.36. The van der Waals surface area contributed by atoms with Crippen LogP contribution in [0.1, 0.15) is 5.56 Å². The molecular formula is C24H18Cl2N2O4. The van der Waals surface area contributed by atoms with Gasteiger partial charge in [-0.25, -0.2) is 4.98 Å². The highest BCUT2D eigenvalue weighted by atomic mass is 35.5. The van der Waals surface area contributed by atoms with E-state index in [1.54, 1.807) is 30.3 Å². The van der Waals surface area contributed by atoms with Crippen LogP contribution >= 0.6 is 23.2 Å². The number of anilines is 1. The topological polar surface area (TPSA) is 73.6 Å². The van der Waals surface area contributed by atoms with Crippen molar-refractivity contribution in [3.05, 3.63) is 76.3 Å². The number of rotatable bonds is 6. The van der Waals surface area contributed by atoms with Gasteiger partial charge in [0, 0.05) is 22.2 Å². The summed E-state index contributed by atoms with van der Waals surface area (Å²) in [6.45, 7) is 0. The van der Waals surface area contributed by atoms with Gasteiger partial charge in [0.2, 0.25) is 11.8 Å². The average molecular weight is 469 g/mol. The molecule has 1 amide bonds. The Hall–Kier alpha value is -3.48. The van der Waals surface area contributed by atoms with Crippen LogP contribution in [0.2, 0.25) is 10.0 Å². The monoisotopic (exact) mass is 468 g/mol. The van der Waals surface area contributed by atoms with Gasteiger partial charge in [0.1, 0.15) is 17.0 Å². The Morgan fingerprint density at radius 2 is 1.88 bits per heavy atom. The Kier molecular flexibility index (Phi) is 6.35. The molecule has 6 nitrogen and oxygen atoms in total. The van der Waals surface area contributed by atoms with E-state index in [0.717, 1.165) is 5.52 Å². The molecule has 4 aromatic rings. The van der Waals surface area contributed by atoms with E-state index in [9.17, 15) is 4.79 Å². The molecule has 0 spiro atoms. The number of nitrogens with zero attached hydrogens (tertiary/aromatic N) is 1. The van der Waals surface area contributed by atoms with Gasteiger partial charge in [-0.2, -0.15) is 0 Å². The summed E-state index contributed by atoms with van der Waals surface area (Å²) >= 11 is 12.2. The predicted octanol–water partition coefficient (Wildman–Crippen LogP) is 6.47. The first-order valence-corrected chi connectivity index (χ1v) is 10.3. The third kappa shape index (κ3) is 4.56. The minimum absolute atomic E-state index is 0.354. The fraction of sp³-hybridized carbons (Fsp3) is 0.0833. The van der Waals surface area contributed by atoms with Crippen LogP contribution in [0.4, 0.5) is 5.69 Å². The lowest BCUT2D eigenvalue weighted by molar-refractivity contribution is -0.111. The minimum Gasteiger partial charge on any atom is -0.495 e. The molecule has 0 aliphatic heterocycles. The van der Waals surface area contributed by atoms with Gasteiger partial charge in [0.05, 0.1) is 24.9 Å². The number of methoxy groups -OCH3 is 2. The van der Waals surface area contributed by atoms with Crippen LogP contribution in [0.3, 0.4) is 0 Å². The zero-order chi connectivity index (χ0) is 22.7. The number of fused-ring (bicyclic) bond motifs is 1. The van der Waals surface area contributed by atoms with Crippen molar-refractivity contribution in [2.24, 2.45) is 0 Å². The summed E-state index contributed by atoms with van der Waals surface area (Å²) in [6.07, 6.45) is 2.93. The smallest absolute Gasteiger partial charge is 0.248 e. The van der Waals surface area contributed by atoms with Crippen molar-refractivity contribution in [3.63, 3.8) is 0 Å². The van der Waals surface area contributed by atoms with Crippen molar-refractivity contribution < 1.29 is 18.7 Å². The molecular weight excluding hydrogens is 451 g/mol. The van der Waals surface area contributed by atoms with Gasteiger partial charge in [-0.05, 0) is 48.5 Å². The summed E-state index contributed by atoms with van der Waals surface area (Å²) in [4.78, 5) is 17.1. The lowest BCUT2D eigenvalue weighted by Gasteiger charge is -2.10. The van der Waals surface area contributed by atoms with Crippen molar-refractivity contribution in [2.45, 2.75) is 0 Å². The molecule has 0 bridgehead atoms. The molecule has 0 unspecified atom stereocenters. The molecule has 162 valence electrons. The second kappa shape index (κ2) is 9.34. The van der Waals surface area contributed by atoms with E-state index in [2.05, 4.69) is 10.3 Å². The van der Waals surface area contributed by atoms with Crippen LogP contribution < -0.4 is 14.8 Å². The summed E-state index contributed by atoms with van der Waals surface area (Å²) in [5.74, 6) is 0.986. The van der Waals surface area contributed by atoms with Crippen LogP contribution in [0.25, 0.3) is 28.6 Å². The first-order valence-electron chi connectivity index (χ1n) is 9.54. The lowest BCUT2D eigenvalue weighted by atomic mass is 10.1. The fourth-order valence-corrected chi connectivity index (χ4v) is 3.78. The molecule has 32 heavy (non-hydrogen) atoms. The molecule has 0 radical (unpaired) electrons. The van der Waals surface area contributed by atoms with E-state index in [-0.39, 0.29) is 5.91 Å². The van der Waals surface area contributed by atoms with Crippen LogP contribution in [0.15, 0.2) is 65.1 Å². The predicted molar refractivity (Wildman–Crippen MR) is 127 cm³/mol. The Balaban J connectivity index is 1.60. The molecule has 0 atom stereocenters. The number of hydrogen-bond acceptors (Lipinski definition) is 5. The van der Waals surface area contributed by atoms with Crippen LogP contribution in [-0.2, 0) is 4.79 Å². The Morgan fingerprint density at radius 1 is 1.06 bits per heavy atom. The molecule has 0 aliphatic carbocycles. The number of benzene rings is 3. The fourth-order valence-electron chi connectivity index (χ4n) is 3.19. The Bertz CT molecular complexity index is 1300. The van der Waals surface area contributed by atoms with Crippen molar-refractivity contribution in [2.75, 3.05) is 19.5 Å². The lowest BCUT2D eigenvalue weighted by Crippen LogP contribution is -2.09. The number of nitrogens with one attached hydrogen (secondary N) is 1. The number of amides is 1. The van der Waals surface area contributed by atoms with Gasteiger partial charge < -0.3 is 19.2 Å². The Labute approximate surface area is 194 Å². The zero-order valence-electron chi connectivity index (χ0n) is 17.2. The molecule has 0 aliphatic rings. The molecule has 0 fully saturated rings. The molecule has 8 heteroatoms. The maximum absolute atomic E-state index is 12.6. The number of hydrogen-bond donors (Lipinski definition) is 1. The third-order valence-electron chi connectivity index (χ3n) is 4.65. The number of oxazole rings is 1. The van der Waals surface area contributed by atoms with Gasteiger partial charge in [0.25, 0.3) is 0 Å². The molecule has 4 rings (SSSR count). The maximum atomic E-state index is 12.6. The summed E-state index contributed by atoms with van der Waals surface area (Å²) in [7, 11) is 3.02. The van der Waals surface area contributed by atoms with E-state index >= 15 is 0 Å². The minimum atomic E-state index is -0.379. The molecule has 0 saturated heterocycles. The van der Waals surface area contributed by atoms with Crippen LogP contribution in [0, 0.1) is 0 Å². The molecule has 1 N–H and O–H groups in total. The maximum Gasteiger partial charge on any atom is 0.248 e. The summed E-state index contributed by atoms with van der Waals surface area (Å²) in [6, 6.07) is 16.0. The average Bonchev–Trinajstić information content (AvgIpc) is 3.22. The number of ether oxygens (including phenoxy) is 2. The largest absolute Gasteiger partial charge is 0.495 e. The quantitative estimate of drug-likeness (QED) is 0.328. The molecule has 3 aromatic carbocycles. The second-order valence-electron chi connectivity index (χ2n) is 6.73. The van der Waals surface area contributed by atoms with E-state index in [1.165, 1.54) is 20.3 Å². The van der Waals surface area contributed by atoms with E-state index in [0.29, 0.717) is 49.8 Å². The van der Waals surface area contributed by atoms with Gasteiger partial charge >= 0.3 is 0 Å². The highest BCUT2D eigenvalue weighted by Crippen LogP contribution is 2.34. The summed E-state index contributed by atoms with van der Waals surface area (Å²) < 4.78 is 16.5. The molecule has 1 aromatic heterocycles. The molecule has 0 saturated carbocycles. The number of carbonyl (C=O) groups excluding carboxylic acids is 1. The first kappa shape index (κ1) is 21.7. The van der Waals surface area contributed by atoms with E-state index < -0.39 is 0 Å². The summed E-state index contributed by atoms with van der Waals surface area (Å²) in [5.41, 5.74) is 3.18. The van der Waals surface area contributed by atoms with Gasteiger partial charge in [-0.15, -0.1) is 0 Å². The summed E-state index contributed by atoms with van der Waals surface area (Å²) in [5, 5.41) is 3.60. The van der Waals surface area contributed by atoms with Crippen molar-refractivity contribution in [3.8, 4) is 23.0 Å². The van der Waals surface area contributed by atoms with E-state index in [1.807, 2.05) is 30.3 Å². The van der Waals surface area contributed by atoms with Gasteiger partial charge in [0.15, 0.2) is 5.58 Å². The van der Waals surface area contributed by atoms with Crippen molar-refractivity contribution in [1.29, 1.82) is 0 Å². The molecule has 1 heterocycles. The zero-order valence-corrected chi connectivity index (χ0v) is 18.7. The van der Waals surface area contributed by atoms with Gasteiger partial charge in [-0.3, -0.25) is 4.79 Å². The SMILES string of the molecule is COc1ccc(-c2nc3ccccc3o2)cc1NC(=O)C=Cc1cc(Cl)cc(Cl)c1OC. The van der Waals surface area contributed by atoms with Crippen LogP contribution in [-0.4, -0.2) is 25.1 Å². The Morgan fingerprint density at radius 3 is 2.62 bits per heavy atom. The normalized spacial score (nSPS) is 11.1. The number of halogens is 2. The van der Waals surface area contributed by atoms with Crippen molar-refractivity contribution >= 4 is 52.0 Å². The third-order valence-corrected chi connectivity index (χ3v) is 5.15. The number of aromatic nitrogens is 1. The van der Waals surface area contributed by atoms with E-state index in [4.69, 9.17) is 37.1 Å². The standard InChI is InChI=1S/C24H18Cl2N2O4/c1-30-20-9-7-15(24-28-18-5-3-4-6-21(18)32-24)12-19(20)27-22(29)10-8-14-11-16(25)13-17(26)23(14)31-2/h3-13H,1-2H3,(H,27,29). The van der Waals surface area contributed by atoms with Crippen molar-refractivity contribution in [1.82, 2.24) is 4.98 Å². The number of carbonyl (C=O) groups is 1. The van der Waals surface area contributed by atoms with Gasteiger partial charge in [-0.1, -0.05) is 35.3 Å². The highest BCUT2D eigenvalue weighted by Gasteiger charge is 2.13. The second-order valence-corrected chi connectivity index (χ2v) is 7.58. The first-order chi connectivity index (χ1) is 15.5. The number of para-hydroxylation sites is 2.